The van der Waals surface area contributed by atoms with E-state index in [1.54, 1.807) is 6.92 Å². The molecule has 0 aliphatic heterocycles. The molecule has 1 fully saturated rings. The minimum atomic E-state index is -1.09. The van der Waals surface area contributed by atoms with Gasteiger partial charge in [-0.2, -0.15) is 0 Å². The highest BCUT2D eigenvalue weighted by atomic mass is 16.3. The molecular formula is C11H18O2. The van der Waals surface area contributed by atoms with Crippen LogP contribution in [0, 0.1) is 0 Å². The summed E-state index contributed by atoms with van der Waals surface area (Å²) in [4.78, 5) is 11.6. The maximum Gasteiger partial charge on any atom is 0.189 e. The summed E-state index contributed by atoms with van der Waals surface area (Å²) in [6.45, 7) is 5.27. The summed E-state index contributed by atoms with van der Waals surface area (Å²) < 4.78 is 0. The molecule has 0 amide bonds. The summed E-state index contributed by atoms with van der Waals surface area (Å²) in [5.74, 6) is -0.158. The van der Waals surface area contributed by atoms with Crippen LogP contribution in [0.5, 0.6) is 0 Å². The Bertz CT molecular complexity index is 210. The molecule has 0 aromatic rings. The van der Waals surface area contributed by atoms with Gasteiger partial charge in [-0.25, -0.2) is 0 Å². The van der Waals surface area contributed by atoms with Crippen LogP contribution in [0.4, 0.5) is 0 Å². The second-order valence-corrected chi connectivity index (χ2v) is 4.06. The molecule has 13 heavy (non-hydrogen) atoms. The standard InChI is InChI=1S/C11H18O2/c1-9(2)10(12)11(13)7-5-3-4-6-8-11/h13H,1,3-8H2,2H3. The van der Waals surface area contributed by atoms with Crippen molar-refractivity contribution in [2.75, 3.05) is 0 Å². The topological polar surface area (TPSA) is 37.3 Å². The van der Waals surface area contributed by atoms with Crippen molar-refractivity contribution in [3.05, 3.63) is 12.2 Å². The van der Waals surface area contributed by atoms with Crippen molar-refractivity contribution in [2.45, 2.75) is 51.0 Å². The van der Waals surface area contributed by atoms with Crippen molar-refractivity contribution in [1.82, 2.24) is 0 Å². The zero-order valence-corrected chi connectivity index (χ0v) is 8.31. The molecule has 0 heterocycles. The highest BCUT2D eigenvalue weighted by Crippen LogP contribution is 2.29. The Kier molecular flexibility index (Phi) is 3.26. The highest BCUT2D eigenvalue weighted by Gasteiger charge is 2.35. The van der Waals surface area contributed by atoms with Gasteiger partial charge in [-0.1, -0.05) is 32.3 Å². The van der Waals surface area contributed by atoms with E-state index in [1.807, 2.05) is 0 Å². The van der Waals surface area contributed by atoms with E-state index in [0.717, 1.165) is 25.7 Å². The van der Waals surface area contributed by atoms with Crippen LogP contribution in [0.2, 0.25) is 0 Å². The molecule has 2 heteroatoms. The van der Waals surface area contributed by atoms with E-state index in [2.05, 4.69) is 6.58 Å². The van der Waals surface area contributed by atoms with Crippen LogP contribution in [-0.4, -0.2) is 16.5 Å². The summed E-state index contributed by atoms with van der Waals surface area (Å²) in [5, 5.41) is 10.1. The number of rotatable bonds is 2. The van der Waals surface area contributed by atoms with E-state index >= 15 is 0 Å². The van der Waals surface area contributed by atoms with Crippen LogP contribution in [0.15, 0.2) is 12.2 Å². The van der Waals surface area contributed by atoms with Crippen molar-refractivity contribution < 1.29 is 9.90 Å². The van der Waals surface area contributed by atoms with Gasteiger partial charge in [0.1, 0.15) is 5.60 Å². The Morgan fingerprint density at radius 3 is 2.08 bits per heavy atom. The number of hydrogen-bond acceptors (Lipinski definition) is 2. The van der Waals surface area contributed by atoms with Gasteiger partial charge in [-0.3, -0.25) is 4.79 Å². The average Bonchev–Trinajstić information content (AvgIpc) is 2.29. The van der Waals surface area contributed by atoms with Gasteiger partial charge in [0.05, 0.1) is 0 Å². The third-order valence-electron chi connectivity index (χ3n) is 2.74. The second-order valence-electron chi connectivity index (χ2n) is 4.06. The summed E-state index contributed by atoms with van der Waals surface area (Å²) in [5.41, 5.74) is -0.619. The predicted molar refractivity (Wildman–Crippen MR) is 52.5 cm³/mol. The third kappa shape index (κ3) is 2.41. The number of Topliss-reactive ketones (excluding diaryl/α,β-unsaturated/α-hetero) is 1. The molecule has 0 aromatic carbocycles. The quantitative estimate of drug-likeness (QED) is 0.525. The smallest absolute Gasteiger partial charge is 0.189 e. The van der Waals surface area contributed by atoms with Gasteiger partial charge in [0.25, 0.3) is 0 Å². The zero-order chi connectivity index (χ0) is 9.90. The molecule has 0 atom stereocenters. The van der Waals surface area contributed by atoms with Gasteiger partial charge in [-0.15, -0.1) is 0 Å². The van der Waals surface area contributed by atoms with E-state index in [0.29, 0.717) is 18.4 Å². The molecule has 0 spiro atoms. The molecule has 2 nitrogen and oxygen atoms in total. The first-order chi connectivity index (χ1) is 6.06. The van der Waals surface area contributed by atoms with E-state index in [1.165, 1.54) is 0 Å². The van der Waals surface area contributed by atoms with E-state index in [4.69, 9.17) is 0 Å². The molecule has 1 rings (SSSR count). The van der Waals surface area contributed by atoms with Gasteiger partial charge in [0.2, 0.25) is 0 Å². The van der Waals surface area contributed by atoms with Crippen molar-refractivity contribution in [2.24, 2.45) is 0 Å². The van der Waals surface area contributed by atoms with Crippen LogP contribution in [0.25, 0.3) is 0 Å². The third-order valence-corrected chi connectivity index (χ3v) is 2.74. The molecule has 1 N–H and O–H groups in total. The number of carbonyl (C=O) groups is 1. The Morgan fingerprint density at radius 1 is 1.23 bits per heavy atom. The van der Waals surface area contributed by atoms with Crippen LogP contribution >= 0.6 is 0 Å². The first kappa shape index (κ1) is 10.5. The lowest BCUT2D eigenvalue weighted by Gasteiger charge is -2.24. The number of aliphatic hydroxyl groups is 1. The van der Waals surface area contributed by atoms with Gasteiger partial charge in [-0.05, 0) is 25.3 Å². The molecule has 74 valence electrons. The van der Waals surface area contributed by atoms with Gasteiger partial charge in [0.15, 0.2) is 5.78 Å². The lowest BCUT2D eigenvalue weighted by atomic mass is 9.87. The number of ketones is 1. The molecular weight excluding hydrogens is 164 g/mol. The lowest BCUT2D eigenvalue weighted by Crippen LogP contribution is -2.38. The molecule has 0 radical (unpaired) electrons. The summed E-state index contributed by atoms with van der Waals surface area (Å²) >= 11 is 0. The van der Waals surface area contributed by atoms with Crippen molar-refractivity contribution >= 4 is 5.78 Å². The molecule has 0 unspecified atom stereocenters. The Hall–Kier alpha value is -0.630. The SMILES string of the molecule is C=C(C)C(=O)C1(O)CCCCCC1. The minimum absolute atomic E-state index is 0.158. The summed E-state index contributed by atoms with van der Waals surface area (Å²) in [7, 11) is 0. The Labute approximate surface area is 79.6 Å². The van der Waals surface area contributed by atoms with Crippen molar-refractivity contribution in [3.8, 4) is 0 Å². The van der Waals surface area contributed by atoms with Gasteiger partial charge < -0.3 is 5.11 Å². The first-order valence-corrected chi connectivity index (χ1v) is 4.99. The number of hydrogen-bond donors (Lipinski definition) is 1. The number of carbonyl (C=O) groups excluding carboxylic acids is 1. The Morgan fingerprint density at radius 2 is 1.69 bits per heavy atom. The molecule has 0 bridgehead atoms. The van der Waals surface area contributed by atoms with Crippen LogP contribution in [0.1, 0.15) is 45.4 Å². The van der Waals surface area contributed by atoms with Crippen LogP contribution in [-0.2, 0) is 4.79 Å². The fourth-order valence-electron chi connectivity index (χ4n) is 1.94. The minimum Gasteiger partial charge on any atom is -0.382 e. The van der Waals surface area contributed by atoms with Crippen molar-refractivity contribution in [1.29, 1.82) is 0 Å². The fourth-order valence-corrected chi connectivity index (χ4v) is 1.94. The molecule has 1 saturated carbocycles. The predicted octanol–water partition coefficient (Wildman–Crippen LogP) is 2.22. The molecule has 0 saturated heterocycles. The maximum absolute atomic E-state index is 11.6. The van der Waals surface area contributed by atoms with E-state index in [-0.39, 0.29) is 5.78 Å². The monoisotopic (exact) mass is 182 g/mol. The van der Waals surface area contributed by atoms with E-state index < -0.39 is 5.60 Å². The lowest BCUT2D eigenvalue weighted by molar-refractivity contribution is -0.134. The molecule has 1 aliphatic rings. The Balaban J connectivity index is 2.71. The summed E-state index contributed by atoms with van der Waals surface area (Å²) in [6.07, 6.45) is 5.39. The van der Waals surface area contributed by atoms with Gasteiger partial charge in [0, 0.05) is 0 Å². The zero-order valence-electron chi connectivity index (χ0n) is 8.31. The maximum atomic E-state index is 11.6. The largest absolute Gasteiger partial charge is 0.382 e. The van der Waals surface area contributed by atoms with Crippen LogP contribution < -0.4 is 0 Å². The summed E-state index contributed by atoms with van der Waals surface area (Å²) in [6, 6.07) is 0. The van der Waals surface area contributed by atoms with Gasteiger partial charge >= 0.3 is 0 Å². The highest BCUT2D eigenvalue weighted by molar-refractivity contribution is 6.00. The molecule has 1 aliphatic carbocycles. The van der Waals surface area contributed by atoms with E-state index in [9.17, 15) is 9.90 Å². The van der Waals surface area contributed by atoms with Crippen LogP contribution in [0.3, 0.4) is 0 Å². The second kappa shape index (κ2) is 4.05. The normalized spacial score (nSPS) is 22.0. The fraction of sp³-hybridized carbons (Fsp3) is 0.727. The average molecular weight is 182 g/mol. The molecule has 0 aromatic heterocycles. The first-order valence-electron chi connectivity index (χ1n) is 4.99. The van der Waals surface area contributed by atoms with Crippen molar-refractivity contribution in [3.63, 3.8) is 0 Å².